The van der Waals surface area contributed by atoms with E-state index in [1.54, 1.807) is 12.4 Å². The molecule has 3 rings (SSSR count). The monoisotopic (exact) mass is 308 g/mol. The zero-order valence-corrected chi connectivity index (χ0v) is 13.6. The van der Waals surface area contributed by atoms with Crippen LogP contribution in [0.1, 0.15) is 42.7 Å². The normalized spacial score (nSPS) is 11.1. The van der Waals surface area contributed by atoms with E-state index < -0.39 is 0 Å². The van der Waals surface area contributed by atoms with Crippen molar-refractivity contribution in [3.8, 4) is 0 Å². The molecule has 1 aromatic carbocycles. The number of anilines is 1. The number of aromatic nitrogens is 3. The third-order valence-electron chi connectivity index (χ3n) is 3.78. The maximum atomic E-state index is 12.4. The highest BCUT2D eigenvalue weighted by atomic mass is 16.1. The smallest absolute Gasteiger partial charge is 0.257 e. The Labute approximate surface area is 135 Å². The molecule has 118 valence electrons. The van der Waals surface area contributed by atoms with Gasteiger partial charge in [0.05, 0.1) is 11.8 Å². The molecule has 23 heavy (non-hydrogen) atoms. The lowest BCUT2D eigenvalue weighted by Gasteiger charge is -2.08. The molecule has 5 heteroatoms. The van der Waals surface area contributed by atoms with Gasteiger partial charge in [-0.2, -0.15) is 5.10 Å². The predicted octanol–water partition coefficient (Wildman–Crippen LogP) is 3.83. The molecular weight excluding hydrogens is 288 g/mol. The van der Waals surface area contributed by atoms with Gasteiger partial charge in [-0.1, -0.05) is 19.1 Å². The summed E-state index contributed by atoms with van der Waals surface area (Å²) in [5, 5.41) is 8.11. The van der Waals surface area contributed by atoms with E-state index in [0.29, 0.717) is 5.56 Å². The Balaban J connectivity index is 1.86. The Kier molecular flexibility index (Phi) is 4.10. The summed E-state index contributed by atoms with van der Waals surface area (Å²) in [5.74, 6) is -0.162. The fraction of sp³-hybridized carbons (Fsp3) is 0.278. The Morgan fingerprint density at radius 2 is 2.09 bits per heavy atom. The number of fused-ring (bicyclic) bond motifs is 1. The molecule has 0 saturated heterocycles. The molecule has 0 atom stereocenters. The number of benzene rings is 1. The minimum atomic E-state index is -0.162. The largest absolute Gasteiger partial charge is 0.322 e. The second-order valence-corrected chi connectivity index (χ2v) is 5.83. The van der Waals surface area contributed by atoms with Crippen LogP contribution in [-0.4, -0.2) is 20.7 Å². The Morgan fingerprint density at radius 3 is 2.83 bits per heavy atom. The van der Waals surface area contributed by atoms with Crippen molar-refractivity contribution in [2.45, 2.75) is 33.2 Å². The minimum Gasteiger partial charge on any atom is -0.322 e. The van der Waals surface area contributed by atoms with Crippen molar-refractivity contribution < 1.29 is 4.79 Å². The quantitative estimate of drug-likeness (QED) is 0.797. The fourth-order valence-electron chi connectivity index (χ4n) is 2.51. The summed E-state index contributed by atoms with van der Waals surface area (Å²) >= 11 is 0. The number of nitrogens with zero attached hydrogens (tertiary/aromatic N) is 3. The molecule has 0 unspecified atom stereocenters. The molecule has 3 aromatic rings. The highest BCUT2D eigenvalue weighted by Crippen LogP contribution is 2.18. The van der Waals surface area contributed by atoms with Gasteiger partial charge >= 0.3 is 0 Å². The number of carbonyl (C=O) groups is 1. The zero-order valence-electron chi connectivity index (χ0n) is 13.6. The molecule has 0 saturated carbocycles. The number of aryl methyl sites for hydroxylation is 1. The molecule has 0 radical (unpaired) electrons. The molecule has 1 N–H and O–H groups in total. The van der Waals surface area contributed by atoms with Crippen LogP contribution in [0.15, 0.2) is 42.7 Å². The molecular formula is C18H20N4O. The Morgan fingerprint density at radius 1 is 1.26 bits per heavy atom. The first-order chi connectivity index (χ1) is 11.1. The summed E-state index contributed by atoms with van der Waals surface area (Å²) in [5.41, 5.74) is 3.31. The second-order valence-electron chi connectivity index (χ2n) is 5.83. The van der Waals surface area contributed by atoms with E-state index in [9.17, 15) is 4.79 Å². The van der Waals surface area contributed by atoms with E-state index in [1.165, 1.54) is 5.56 Å². The van der Waals surface area contributed by atoms with Crippen LogP contribution >= 0.6 is 0 Å². The van der Waals surface area contributed by atoms with E-state index >= 15 is 0 Å². The lowest BCUT2D eigenvalue weighted by molar-refractivity contribution is 0.102. The van der Waals surface area contributed by atoms with E-state index in [1.807, 2.05) is 35.0 Å². The van der Waals surface area contributed by atoms with E-state index in [0.717, 1.165) is 23.1 Å². The summed E-state index contributed by atoms with van der Waals surface area (Å²) in [6.45, 7) is 6.19. The van der Waals surface area contributed by atoms with Gasteiger partial charge in [-0.15, -0.1) is 0 Å². The highest BCUT2D eigenvalue weighted by molar-refractivity contribution is 6.05. The van der Waals surface area contributed by atoms with Gasteiger partial charge in [-0.3, -0.25) is 4.79 Å². The van der Waals surface area contributed by atoms with Crippen LogP contribution in [0.5, 0.6) is 0 Å². The van der Waals surface area contributed by atoms with Gasteiger partial charge in [-0.25, -0.2) is 9.67 Å². The van der Waals surface area contributed by atoms with Gasteiger partial charge in [-0.05, 0) is 44.0 Å². The maximum Gasteiger partial charge on any atom is 0.257 e. The van der Waals surface area contributed by atoms with Crippen molar-refractivity contribution in [1.29, 1.82) is 0 Å². The predicted molar refractivity (Wildman–Crippen MR) is 91.7 cm³/mol. The van der Waals surface area contributed by atoms with Crippen LogP contribution in [0.3, 0.4) is 0 Å². The van der Waals surface area contributed by atoms with Crippen molar-refractivity contribution in [3.05, 3.63) is 53.9 Å². The summed E-state index contributed by atoms with van der Waals surface area (Å²) in [4.78, 5) is 16.8. The minimum absolute atomic E-state index is 0.162. The first-order valence-electron chi connectivity index (χ1n) is 7.82. The number of hydrogen-bond donors (Lipinski definition) is 1. The third kappa shape index (κ3) is 3.08. The highest BCUT2D eigenvalue weighted by Gasteiger charge is 2.12. The Hall–Kier alpha value is -2.69. The standard InChI is InChI=1S/C18H20N4O/c1-4-13-6-5-7-16(8-13)21-18(23)15-9-14-11-20-22(12(2)3)17(14)19-10-15/h5-12H,4H2,1-3H3,(H,21,23). The average molecular weight is 308 g/mol. The molecule has 0 aliphatic carbocycles. The lowest BCUT2D eigenvalue weighted by atomic mass is 10.1. The molecule has 1 amide bonds. The molecule has 5 nitrogen and oxygen atoms in total. The van der Waals surface area contributed by atoms with E-state index in [4.69, 9.17) is 0 Å². The number of carbonyl (C=O) groups excluding carboxylic acids is 1. The topological polar surface area (TPSA) is 59.8 Å². The van der Waals surface area contributed by atoms with Crippen LogP contribution in [0, 0.1) is 0 Å². The third-order valence-corrected chi connectivity index (χ3v) is 3.78. The van der Waals surface area contributed by atoms with Gasteiger partial charge in [0, 0.05) is 23.3 Å². The zero-order chi connectivity index (χ0) is 16.4. The molecule has 0 aliphatic heterocycles. The molecule has 0 fully saturated rings. The van der Waals surface area contributed by atoms with Gasteiger partial charge < -0.3 is 5.32 Å². The van der Waals surface area contributed by atoms with Crippen molar-refractivity contribution in [2.75, 3.05) is 5.32 Å². The van der Waals surface area contributed by atoms with Gasteiger partial charge in [0.15, 0.2) is 5.65 Å². The van der Waals surface area contributed by atoms with Crippen LogP contribution in [0.2, 0.25) is 0 Å². The Bertz CT molecular complexity index is 851. The summed E-state index contributed by atoms with van der Waals surface area (Å²) in [7, 11) is 0. The average Bonchev–Trinajstić information content (AvgIpc) is 2.98. The van der Waals surface area contributed by atoms with Crippen molar-refractivity contribution in [3.63, 3.8) is 0 Å². The second kappa shape index (κ2) is 6.20. The summed E-state index contributed by atoms with van der Waals surface area (Å²) < 4.78 is 1.85. The molecule has 0 aliphatic rings. The molecule has 0 spiro atoms. The molecule has 2 heterocycles. The fourth-order valence-corrected chi connectivity index (χ4v) is 2.51. The number of amides is 1. The van der Waals surface area contributed by atoms with Crippen molar-refractivity contribution >= 4 is 22.6 Å². The van der Waals surface area contributed by atoms with Crippen LogP contribution in [0.25, 0.3) is 11.0 Å². The SMILES string of the molecule is CCc1cccc(NC(=O)c2cnc3c(cnn3C(C)C)c2)c1. The first-order valence-corrected chi connectivity index (χ1v) is 7.82. The first kappa shape index (κ1) is 15.2. The van der Waals surface area contributed by atoms with E-state index in [-0.39, 0.29) is 11.9 Å². The van der Waals surface area contributed by atoms with Crippen LogP contribution in [-0.2, 0) is 6.42 Å². The van der Waals surface area contributed by atoms with Gasteiger partial charge in [0.25, 0.3) is 5.91 Å². The van der Waals surface area contributed by atoms with Crippen molar-refractivity contribution in [1.82, 2.24) is 14.8 Å². The van der Waals surface area contributed by atoms with Gasteiger partial charge in [0.1, 0.15) is 0 Å². The number of rotatable bonds is 4. The van der Waals surface area contributed by atoms with Gasteiger partial charge in [0.2, 0.25) is 0 Å². The number of hydrogen-bond acceptors (Lipinski definition) is 3. The number of pyridine rings is 1. The number of nitrogens with one attached hydrogen (secondary N) is 1. The van der Waals surface area contributed by atoms with Crippen LogP contribution in [0.4, 0.5) is 5.69 Å². The van der Waals surface area contributed by atoms with Crippen LogP contribution < -0.4 is 5.32 Å². The summed E-state index contributed by atoms with van der Waals surface area (Å²) in [6.07, 6.45) is 4.28. The molecule has 0 bridgehead atoms. The molecule has 2 aromatic heterocycles. The van der Waals surface area contributed by atoms with E-state index in [2.05, 4.69) is 36.2 Å². The lowest BCUT2D eigenvalue weighted by Crippen LogP contribution is -2.12. The van der Waals surface area contributed by atoms with Crippen molar-refractivity contribution in [2.24, 2.45) is 0 Å². The summed E-state index contributed by atoms with van der Waals surface area (Å²) in [6, 6.07) is 9.93. The maximum absolute atomic E-state index is 12.4.